The highest BCUT2D eigenvalue weighted by atomic mass is 79.9. The minimum atomic E-state index is -0.761. The summed E-state index contributed by atoms with van der Waals surface area (Å²) in [6, 6.07) is 13.6. The smallest absolute Gasteiger partial charge is 0.320 e. The van der Waals surface area contributed by atoms with Crippen LogP contribution in [-0.4, -0.2) is 49.8 Å². The summed E-state index contributed by atoms with van der Waals surface area (Å²) in [6.45, 7) is 0.743. The molecule has 2 atom stereocenters. The van der Waals surface area contributed by atoms with Gasteiger partial charge in [-0.3, -0.25) is 9.69 Å². The number of halogens is 1. The van der Waals surface area contributed by atoms with Crippen LogP contribution in [0.1, 0.15) is 36.4 Å². The van der Waals surface area contributed by atoms with Gasteiger partial charge in [0.1, 0.15) is 11.8 Å². The number of likely N-dealkylation sites (tertiary alicyclic amines) is 1. The summed E-state index contributed by atoms with van der Waals surface area (Å²) in [5.41, 5.74) is 3.15. The van der Waals surface area contributed by atoms with Crippen LogP contribution in [0, 0.1) is 0 Å². The maximum absolute atomic E-state index is 12.0. The number of hydrogen-bond donors (Lipinski definition) is 1. The molecule has 1 fully saturated rings. The van der Waals surface area contributed by atoms with Crippen molar-refractivity contribution < 1.29 is 14.6 Å². The molecule has 3 rings (SSSR count). The molecule has 2 unspecified atom stereocenters. The van der Waals surface area contributed by atoms with Crippen molar-refractivity contribution in [2.75, 3.05) is 32.6 Å². The number of piperidine rings is 1. The Morgan fingerprint density at radius 1 is 1.21 bits per heavy atom. The van der Waals surface area contributed by atoms with Crippen molar-refractivity contribution in [2.45, 2.75) is 31.3 Å². The number of carbonyl (C=O) groups is 1. The Morgan fingerprint density at radius 2 is 1.93 bits per heavy atom. The monoisotopic (exact) mass is 446 g/mol. The first-order valence-electron chi connectivity index (χ1n) is 9.51. The van der Waals surface area contributed by atoms with E-state index in [1.165, 1.54) is 0 Å². The molecule has 2 aromatic rings. The number of anilines is 1. The SMILES string of the molecule is COc1ccc(Br)cc1C(c1ccc(N(C)C)cc1)N1CCCCC1C(=O)O. The van der Waals surface area contributed by atoms with Crippen LogP contribution >= 0.6 is 15.9 Å². The molecule has 0 bridgehead atoms. The maximum atomic E-state index is 12.0. The molecule has 0 radical (unpaired) electrons. The summed E-state index contributed by atoms with van der Waals surface area (Å²) in [6.07, 6.45) is 2.60. The van der Waals surface area contributed by atoms with E-state index in [2.05, 4.69) is 50.0 Å². The van der Waals surface area contributed by atoms with Gasteiger partial charge in [0, 0.05) is 29.8 Å². The van der Waals surface area contributed by atoms with Crippen molar-refractivity contribution in [1.82, 2.24) is 4.90 Å². The topological polar surface area (TPSA) is 53.0 Å². The van der Waals surface area contributed by atoms with E-state index >= 15 is 0 Å². The van der Waals surface area contributed by atoms with Gasteiger partial charge in [0.15, 0.2) is 0 Å². The molecule has 0 aliphatic carbocycles. The lowest BCUT2D eigenvalue weighted by Crippen LogP contribution is -2.46. The molecular weight excluding hydrogens is 420 g/mol. The molecular formula is C22H27BrN2O3. The van der Waals surface area contributed by atoms with Crippen LogP contribution < -0.4 is 9.64 Å². The van der Waals surface area contributed by atoms with Crippen LogP contribution in [-0.2, 0) is 4.79 Å². The molecule has 0 spiro atoms. The van der Waals surface area contributed by atoms with Gasteiger partial charge in [-0.25, -0.2) is 0 Å². The largest absolute Gasteiger partial charge is 0.496 e. The molecule has 5 nitrogen and oxygen atoms in total. The lowest BCUT2D eigenvalue weighted by atomic mass is 9.91. The van der Waals surface area contributed by atoms with Crippen LogP contribution in [0.2, 0.25) is 0 Å². The second-order valence-electron chi connectivity index (χ2n) is 7.36. The summed E-state index contributed by atoms with van der Waals surface area (Å²) >= 11 is 3.57. The van der Waals surface area contributed by atoms with E-state index in [1.807, 2.05) is 32.3 Å². The van der Waals surface area contributed by atoms with Gasteiger partial charge < -0.3 is 14.7 Å². The number of ether oxygens (including phenoxy) is 1. The van der Waals surface area contributed by atoms with Gasteiger partial charge in [-0.1, -0.05) is 34.5 Å². The molecule has 0 aromatic heterocycles. The maximum Gasteiger partial charge on any atom is 0.320 e. The van der Waals surface area contributed by atoms with Crippen molar-refractivity contribution in [3.05, 3.63) is 58.1 Å². The third-order valence-corrected chi connectivity index (χ3v) is 5.87. The number of aliphatic carboxylic acids is 1. The Kier molecular flexibility index (Phi) is 6.62. The second kappa shape index (κ2) is 8.97. The fraction of sp³-hybridized carbons (Fsp3) is 0.409. The number of nitrogens with zero attached hydrogens (tertiary/aromatic N) is 2. The zero-order valence-electron chi connectivity index (χ0n) is 16.6. The zero-order chi connectivity index (χ0) is 20.3. The van der Waals surface area contributed by atoms with Gasteiger partial charge >= 0.3 is 5.97 Å². The summed E-state index contributed by atoms with van der Waals surface area (Å²) in [4.78, 5) is 16.2. The average Bonchev–Trinajstić information content (AvgIpc) is 2.69. The molecule has 28 heavy (non-hydrogen) atoms. The normalized spacial score (nSPS) is 18.5. The molecule has 1 N–H and O–H groups in total. The number of carboxylic acids is 1. The van der Waals surface area contributed by atoms with Crippen LogP contribution in [0.4, 0.5) is 5.69 Å². The number of carboxylic acid groups (broad SMARTS) is 1. The van der Waals surface area contributed by atoms with E-state index < -0.39 is 12.0 Å². The number of hydrogen-bond acceptors (Lipinski definition) is 4. The van der Waals surface area contributed by atoms with E-state index in [1.54, 1.807) is 7.11 Å². The fourth-order valence-corrected chi connectivity index (χ4v) is 4.33. The van der Waals surface area contributed by atoms with E-state index in [-0.39, 0.29) is 6.04 Å². The van der Waals surface area contributed by atoms with E-state index in [4.69, 9.17) is 4.74 Å². The molecule has 6 heteroatoms. The van der Waals surface area contributed by atoms with Gasteiger partial charge in [-0.05, 0) is 55.3 Å². The molecule has 2 aromatic carbocycles. The molecule has 150 valence electrons. The first-order valence-corrected chi connectivity index (χ1v) is 10.3. The first kappa shape index (κ1) is 20.7. The van der Waals surface area contributed by atoms with Crippen molar-refractivity contribution in [3.63, 3.8) is 0 Å². The second-order valence-corrected chi connectivity index (χ2v) is 8.28. The van der Waals surface area contributed by atoms with Crippen molar-refractivity contribution >= 4 is 27.6 Å². The summed E-state index contributed by atoms with van der Waals surface area (Å²) in [7, 11) is 5.67. The highest BCUT2D eigenvalue weighted by Crippen LogP contribution is 2.40. The standard InChI is InChI=1S/C22H27BrN2O3/c1-24(2)17-10-7-15(8-11-17)21(18-14-16(23)9-12-20(18)28-3)25-13-5-4-6-19(25)22(26)27/h7-12,14,19,21H,4-6,13H2,1-3H3,(H,26,27). The number of rotatable bonds is 6. The lowest BCUT2D eigenvalue weighted by Gasteiger charge is -2.40. The lowest BCUT2D eigenvalue weighted by molar-refractivity contribution is -0.145. The van der Waals surface area contributed by atoms with E-state index in [9.17, 15) is 9.90 Å². The third-order valence-electron chi connectivity index (χ3n) is 5.37. The predicted octanol–water partition coefficient (Wildman–Crippen LogP) is 4.55. The minimum absolute atomic E-state index is 0.190. The number of benzene rings is 2. The molecule has 1 saturated heterocycles. The molecule has 0 amide bonds. The van der Waals surface area contributed by atoms with Gasteiger partial charge in [0.25, 0.3) is 0 Å². The molecule has 1 aliphatic heterocycles. The van der Waals surface area contributed by atoms with Crippen LogP contribution in [0.25, 0.3) is 0 Å². The third kappa shape index (κ3) is 4.33. The summed E-state index contributed by atoms with van der Waals surface area (Å²) in [5.74, 6) is 0.00294. The molecule has 1 heterocycles. The number of methoxy groups -OCH3 is 1. The molecule has 1 aliphatic rings. The van der Waals surface area contributed by atoms with Crippen molar-refractivity contribution in [3.8, 4) is 5.75 Å². The average molecular weight is 447 g/mol. The van der Waals surface area contributed by atoms with Crippen molar-refractivity contribution in [1.29, 1.82) is 0 Å². The van der Waals surface area contributed by atoms with Crippen LogP contribution in [0.3, 0.4) is 0 Å². The van der Waals surface area contributed by atoms with Gasteiger partial charge in [-0.15, -0.1) is 0 Å². The summed E-state index contributed by atoms with van der Waals surface area (Å²) < 4.78 is 6.59. The van der Waals surface area contributed by atoms with Crippen molar-refractivity contribution in [2.24, 2.45) is 0 Å². The Labute approximate surface area is 175 Å². The van der Waals surface area contributed by atoms with Gasteiger partial charge in [-0.2, -0.15) is 0 Å². The fourth-order valence-electron chi connectivity index (χ4n) is 3.95. The van der Waals surface area contributed by atoms with Crippen LogP contribution in [0.15, 0.2) is 46.9 Å². The minimum Gasteiger partial charge on any atom is -0.496 e. The van der Waals surface area contributed by atoms with Gasteiger partial charge in [0.2, 0.25) is 0 Å². The summed E-state index contributed by atoms with van der Waals surface area (Å²) in [5, 5.41) is 9.86. The predicted molar refractivity (Wildman–Crippen MR) is 115 cm³/mol. The van der Waals surface area contributed by atoms with E-state index in [0.29, 0.717) is 6.42 Å². The van der Waals surface area contributed by atoms with Crippen LogP contribution in [0.5, 0.6) is 5.75 Å². The molecule has 0 saturated carbocycles. The highest BCUT2D eigenvalue weighted by molar-refractivity contribution is 9.10. The highest BCUT2D eigenvalue weighted by Gasteiger charge is 2.36. The van der Waals surface area contributed by atoms with Gasteiger partial charge in [0.05, 0.1) is 13.2 Å². The zero-order valence-corrected chi connectivity index (χ0v) is 18.1. The first-order chi connectivity index (χ1) is 13.4. The Hall–Kier alpha value is -2.05. The Bertz CT molecular complexity index is 823. The van der Waals surface area contributed by atoms with E-state index in [0.717, 1.165) is 46.4 Å². The Balaban J connectivity index is 2.13. The quantitative estimate of drug-likeness (QED) is 0.704. The Morgan fingerprint density at radius 3 is 2.54 bits per heavy atom.